The van der Waals surface area contributed by atoms with Crippen molar-refractivity contribution >= 4 is 5.91 Å². The highest BCUT2D eigenvalue weighted by atomic mass is 16.2. The van der Waals surface area contributed by atoms with Crippen LogP contribution >= 0.6 is 0 Å². The number of carbonyl (C=O) groups is 1. The first-order valence-electron chi connectivity index (χ1n) is 7.11. The van der Waals surface area contributed by atoms with Gasteiger partial charge in [-0.25, -0.2) is 0 Å². The molecule has 1 aromatic rings. The van der Waals surface area contributed by atoms with Crippen molar-refractivity contribution in [2.24, 2.45) is 11.7 Å². The molecular weight excluding hydrogens is 238 g/mol. The number of carbonyl (C=O) groups excluding carboxylic acids is 1. The lowest BCUT2D eigenvalue weighted by Crippen LogP contribution is -2.46. The molecule has 0 bridgehead atoms. The predicted molar refractivity (Wildman–Crippen MR) is 75.4 cm³/mol. The van der Waals surface area contributed by atoms with E-state index in [1.165, 1.54) is 0 Å². The lowest BCUT2D eigenvalue weighted by molar-refractivity contribution is -0.134. The third-order valence-electron chi connectivity index (χ3n) is 4.17. The fourth-order valence-electron chi connectivity index (χ4n) is 2.65. The Labute approximate surface area is 115 Å². The van der Waals surface area contributed by atoms with Crippen LogP contribution in [-0.2, 0) is 4.79 Å². The quantitative estimate of drug-likeness (QED) is 0.903. The Morgan fingerprint density at radius 2 is 2.21 bits per heavy atom. The number of aromatic nitrogens is 1. The van der Waals surface area contributed by atoms with Crippen LogP contribution in [-0.4, -0.2) is 28.4 Å². The van der Waals surface area contributed by atoms with Crippen LogP contribution in [0.3, 0.4) is 0 Å². The fourth-order valence-corrected chi connectivity index (χ4v) is 2.65. The number of hydrogen-bond acceptors (Lipinski definition) is 3. The molecule has 1 aliphatic rings. The second-order valence-electron chi connectivity index (χ2n) is 5.38. The predicted octanol–water partition coefficient (Wildman–Crippen LogP) is 2.12. The molecule has 2 rings (SSSR count). The smallest absolute Gasteiger partial charge is 0.240 e. The van der Waals surface area contributed by atoms with Crippen LogP contribution in [0.4, 0.5) is 0 Å². The lowest BCUT2D eigenvalue weighted by Gasteiger charge is -2.29. The van der Waals surface area contributed by atoms with Gasteiger partial charge in [-0.1, -0.05) is 20.3 Å². The van der Waals surface area contributed by atoms with Crippen LogP contribution in [0.25, 0.3) is 0 Å². The highest BCUT2D eigenvalue weighted by Crippen LogP contribution is 2.32. The van der Waals surface area contributed by atoms with Crippen LogP contribution < -0.4 is 5.73 Å². The third kappa shape index (κ3) is 2.95. The normalized spacial score (nSPS) is 22.3. The number of nitrogens with two attached hydrogens (primary N) is 1. The van der Waals surface area contributed by atoms with Gasteiger partial charge in [-0.3, -0.25) is 9.78 Å². The summed E-state index contributed by atoms with van der Waals surface area (Å²) in [6.45, 7) is 4.93. The first-order valence-corrected chi connectivity index (χ1v) is 7.11. The molecule has 4 nitrogen and oxygen atoms in total. The molecule has 1 fully saturated rings. The molecule has 2 heterocycles. The minimum atomic E-state index is -0.382. The molecule has 0 saturated carbocycles. The lowest BCUT2D eigenvalue weighted by atomic mass is 9.98. The summed E-state index contributed by atoms with van der Waals surface area (Å²) >= 11 is 0. The maximum Gasteiger partial charge on any atom is 0.240 e. The van der Waals surface area contributed by atoms with Gasteiger partial charge >= 0.3 is 0 Å². The van der Waals surface area contributed by atoms with Gasteiger partial charge in [0.1, 0.15) is 0 Å². The number of likely N-dealkylation sites (tertiary alicyclic amines) is 1. The van der Waals surface area contributed by atoms with E-state index in [0.29, 0.717) is 0 Å². The molecule has 3 atom stereocenters. The van der Waals surface area contributed by atoms with Gasteiger partial charge < -0.3 is 10.6 Å². The van der Waals surface area contributed by atoms with Crippen LogP contribution in [0.5, 0.6) is 0 Å². The SMILES string of the molecule is CCC(C)C(N)C(=O)N1CCCC1c1ccncc1. The van der Waals surface area contributed by atoms with Crippen LogP contribution in [0.2, 0.25) is 0 Å². The monoisotopic (exact) mass is 261 g/mol. The average Bonchev–Trinajstić information content (AvgIpc) is 2.95. The van der Waals surface area contributed by atoms with Crippen molar-refractivity contribution in [3.05, 3.63) is 30.1 Å². The van der Waals surface area contributed by atoms with E-state index < -0.39 is 0 Å². The number of amides is 1. The van der Waals surface area contributed by atoms with Gasteiger partial charge in [0.25, 0.3) is 0 Å². The summed E-state index contributed by atoms with van der Waals surface area (Å²) in [4.78, 5) is 18.5. The minimum Gasteiger partial charge on any atom is -0.334 e. The van der Waals surface area contributed by atoms with Crippen molar-refractivity contribution in [1.82, 2.24) is 9.88 Å². The van der Waals surface area contributed by atoms with E-state index in [2.05, 4.69) is 11.9 Å². The van der Waals surface area contributed by atoms with E-state index in [-0.39, 0.29) is 23.9 Å². The van der Waals surface area contributed by atoms with Gasteiger partial charge in [0.15, 0.2) is 0 Å². The number of pyridine rings is 1. The summed E-state index contributed by atoms with van der Waals surface area (Å²) < 4.78 is 0. The third-order valence-corrected chi connectivity index (χ3v) is 4.17. The van der Waals surface area contributed by atoms with Gasteiger partial charge in [0.05, 0.1) is 12.1 Å². The second kappa shape index (κ2) is 6.15. The molecule has 0 aliphatic carbocycles. The number of hydrogen-bond donors (Lipinski definition) is 1. The molecule has 1 saturated heterocycles. The van der Waals surface area contributed by atoms with Crippen molar-refractivity contribution < 1.29 is 4.79 Å². The summed E-state index contributed by atoms with van der Waals surface area (Å²) in [6, 6.07) is 3.77. The number of nitrogens with zero attached hydrogens (tertiary/aromatic N) is 2. The Bertz CT molecular complexity index is 421. The standard InChI is InChI=1S/C15H23N3O/c1-3-11(2)14(16)15(19)18-10-4-5-13(18)12-6-8-17-9-7-12/h6-9,11,13-14H,3-5,10,16H2,1-2H3. The molecule has 1 aromatic heterocycles. The van der Waals surface area contributed by atoms with E-state index in [9.17, 15) is 4.79 Å². The van der Waals surface area contributed by atoms with Crippen molar-refractivity contribution in [3.8, 4) is 0 Å². The summed E-state index contributed by atoms with van der Waals surface area (Å²) in [5.74, 6) is 0.319. The topological polar surface area (TPSA) is 59.2 Å². The van der Waals surface area contributed by atoms with E-state index in [4.69, 9.17) is 5.73 Å². The van der Waals surface area contributed by atoms with Crippen LogP contribution in [0.1, 0.15) is 44.7 Å². The second-order valence-corrected chi connectivity index (χ2v) is 5.38. The minimum absolute atomic E-state index is 0.0914. The molecule has 3 unspecified atom stereocenters. The van der Waals surface area contributed by atoms with E-state index >= 15 is 0 Å². The highest BCUT2D eigenvalue weighted by molar-refractivity contribution is 5.82. The molecule has 1 aliphatic heterocycles. The zero-order valence-electron chi connectivity index (χ0n) is 11.7. The molecule has 4 heteroatoms. The Morgan fingerprint density at radius 3 is 2.84 bits per heavy atom. The van der Waals surface area contributed by atoms with Crippen molar-refractivity contribution in [3.63, 3.8) is 0 Å². The first kappa shape index (κ1) is 14.0. The molecule has 1 amide bonds. The number of rotatable bonds is 4. The van der Waals surface area contributed by atoms with Gasteiger partial charge in [0.2, 0.25) is 5.91 Å². The summed E-state index contributed by atoms with van der Waals surface area (Å²) in [7, 11) is 0. The van der Waals surface area contributed by atoms with Gasteiger partial charge in [0, 0.05) is 18.9 Å². The molecule has 2 N–H and O–H groups in total. The Balaban J connectivity index is 2.13. The average molecular weight is 261 g/mol. The fraction of sp³-hybridized carbons (Fsp3) is 0.600. The maximum absolute atomic E-state index is 12.5. The summed E-state index contributed by atoms with van der Waals surface area (Å²) in [5, 5.41) is 0. The zero-order chi connectivity index (χ0) is 13.8. The molecular formula is C15H23N3O. The molecule has 104 valence electrons. The Morgan fingerprint density at radius 1 is 1.53 bits per heavy atom. The Hall–Kier alpha value is -1.42. The van der Waals surface area contributed by atoms with E-state index in [1.807, 2.05) is 24.0 Å². The van der Waals surface area contributed by atoms with Crippen molar-refractivity contribution in [1.29, 1.82) is 0 Å². The Kier molecular flexibility index (Phi) is 4.53. The van der Waals surface area contributed by atoms with Crippen LogP contribution in [0, 0.1) is 5.92 Å². The first-order chi connectivity index (χ1) is 9.15. The van der Waals surface area contributed by atoms with Crippen LogP contribution in [0.15, 0.2) is 24.5 Å². The zero-order valence-corrected chi connectivity index (χ0v) is 11.7. The molecule has 0 radical (unpaired) electrons. The van der Waals surface area contributed by atoms with Gasteiger partial charge in [-0.2, -0.15) is 0 Å². The molecule has 19 heavy (non-hydrogen) atoms. The maximum atomic E-state index is 12.5. The van der Waals surface area contributed by atoms with Gasteiger partial charge in [-0.05, 0) is 36.5 Å². The van der Waals surface area contributed by atoms with Crippen molar-refractivity contribution in [2.45, 2.75) is 45.2 Å². The summed E-state index contributed by atoms with van der Waals surface area (Å²) in [5.41, 5.74) is 7.25. The van der Waals surface area contributed by atoms with E-state index in [1.54, 1.807) is 12.4 Å². The van der Waals surface area contributed by atoms with E-state index in [0.717, 1.165) is 31.4 Å². The highest BCUT2D eigenvalue weighted by Gasteiger charge is 2.33. The van der Waals surface area contributed by atoms with Gasteiger partial charge in [-0.15, -0.1) is 0 Å². The molecule has 0 spiro atoms. The largest absolute Gasteiger partial charge is 0.334 e. The summed E-state index contributed by atoms with van der Waals surface area (Å²) in [6.07, 6.45) is 6.56. The molecule has 0 aromatic carbocycles. The van der Waals surface area contributed by atoms with Crippen molar-refractivity contribution in [2.75, 3.05) is 6.54 Å².